The molecule has 0 spiro atoms. The zero-order valence-corrected chi connectivity index (χ0v) is 12.3. The van der Waals surface area contributed by atoms with Gasteiger partial charge in [0, 0.05) is 5.56 Å². The standard InChI is InChI=1S/C14H12BrFN2O3/c15-11-7-3-6-10(17-11)12(18-14(20)21)13(19)8-4-1-2-5-9(8)16/h1-7,12-13,18-19H,(H,20,21)/t12-,13+/m1/s1. The average Bonchev–Trinajstić information content (AvgIpc) is 2.44. The van der Waals surface area contributed by atoms with Crippen LogP contribution in [0.3, 0.4) is 0 Å². The highest BCUT2D eigenvalue weighted by molar-refractivity contribution is 9.10. The summed E-state index contributed by atoms with van der Waals surface area (Å²) in [5.74, 6) is -0.614. The predicted molar refractivity (Wildman–Crippen MR) is 77.2 cm³/mol. The Hall–Kier alpha value is -1.99. The van der Waals surface area contributed by atoms with Crippen molar-refractivity contribution in [2.75, 3.05) is 0 Å². The van der Waals surface area contributed by atoms with E-state index in [1.165, 1.54) is 18.2 Å². The van der Waals surface area contributed by atoms with Crippen molar-refractivity contribution in [3.05, 3.63) is 64.1 Å². The van der Waals surface area contributed by atoms with Gasteiger partial charge in [-0.15, -0.1) is 0 Å². The molecule has 0 aliphatic rings. The van der Waals surface area contributed by atoms with E-state index in [2.05, 4.69) is 26.2 Å². The van der Waals surface area contributed by atoms with Gasteiger partial charge in [0.15, 0.2) is 0 Å². The molecule has 7 heteroatoms. The third-order valence-electron chi connectivity index (χ3n) is 2.87. The lowest BCUT2D eigenvalue weighted by Crippen LogP contribution is -2.32. The Balaban J connectivity index is 2.40. The van der Waals surface area contributed by atoms with E-state index in [0.717, 1.165) is 0 Å². The molecule has 0 bridgehead atoms. The molecule has 110 valence electrons. The summed E-state index contributed by atoms with van der Waals surface area (Å²) in [7, 11) is 0. The van der Waals surface area contributed by atoms with Gasteiger partial charge in [0.25, 0.3) is 0 Å². The Labute approximate surface area is 128 Å². The number of hydrogen-bond donors (Lipinski definition) is 3. The Bertz CT molecular complexity index is 654. The molecule has 0 fully saturated rings. The molecule has 0 saturated heterocycles. The lowest BCUT2D eigenvalue weighted by molar-refractivity contribution is 0.115. The SMILES string of the molecule is O=C(O)N[C@H](c1cccc(Br)n1)[C@@H](O)c1ccccc1F. The number of amides is 1. The molecule has 0 aliphatic carbocycles. The number of nitrogens with zero attached hydrogens (tertiary/aromatic N) is 1. The van der Waals surface area contributed by atoms with Gasteiger partial charge in [-0.2, -0.15) is 0 Å². The van der Waals surface area contributed by atoms with Gasteiger partial charge in [0.2, 0.25) is 0 Å². The number of nitrogens with one attached hydrogen (secondary N) is 1. The van der Waals surface area contributed by atoms with Crippen molar-refractivity contribution in [2.45, 2.75) is 12.1 Å². The second-order valence-corrected chi connectivity index (χ2v) is 5.09. The summed E-state index contributed by atoms with van der Waals surface area (Å²) < 4.78 is 14.3. The van der Waals surface area contributed by atoms with Crippen molar-refractivity contribution in [3.8, 4) is 0 Å². The zero-order chi connectivity index (χ0) is 15.4. The van der Waals surface area contributed by atoms with Crippen LogP contribution in [0.1, 0.15) is 23.4 Å². The Morgan fingerprint density at radius 3 is 2.57 bits per heavy atom. The average molecular weight is 355 g/mol. The molecular weight excluding hydrogens is 343 g/mol. The minimum absolute atomic E-state index is 0.00183. The van der Waals surface area contributed by atoms with Crippen molar-refractivity contribution in [1.29, 1.82) is 0 Å². The summed E-state index contributed by atoms with van der Waals surface area (Å²) in [5.41, 5.74) is 0.278. The van der Waals surface area contributed by atoms with Crippen LogP contribution in [0.15, 0.2) is 47.1 Å². The molecule has 3 N–H and O–H groups in total. The van der Waals surface area contributed by atoms with E-state index in [-0.39, 0.29) is 11.3 Å². The van der Waals surface area contributed by atoms with E-state index in [1.54, 1.807) is 24.3 Å². The lowest BCUT2D eigenvalue weighted by Gasteiger charge is -2.23. The minimum Gasteiger partial charge on any atom is -0.465 e. The molecule has 2 atom stereocenters. The van der Waals surface area contributed by atoms with Crippen LogP contribution in [-0.2, 0) is 0 Å². The van der Waals surface area contributed by atoms with Gasteiger partial charge >= 0.3 is 6.09 Å². The van der Waals surface area contributed by atoms with Crippen LogP contribution in [0.2, 0.25) is 0 Å². The number of halogens is 2. The first-order chi connectivity index (χ1) is 9.99. The maximum absolute atomic E-state index is 13.8. The van der Waals surface area contributed by atoms with E-state index in [4.69, 9.17) is 5.11 Å². The first-order valence-corrected chi connectivity index (χ1v) is 6.82. The van der Waals surface area contributed by atoms with Crippen molar-refractivity contribution in [3.63, 3.8) is 0 Å². The molecule has 1 amide bonds. The molecule has 1 aromatic heterocycles. The Morgan fingerprint density at radius 2 is 1.95 bits per heavy atom. The third kappa shape index (κ3) is 3.77. The highest BCUT2D eigenvalue weighted by Crippen LogP contribution is 2.29. The van der Waals surface area contributed by atoms with Crippen LogP contribution in [0, 0.1) is 5.82 Å². The first-order valence-electron chi connectivity index (χ1n) is 6.03. The van der Waals surface area contributed by atoms with Gasteiger partial charge in [-0.3, -0.25) is 0 Å². The van der Waals surface area contributed by atoms with Crippen LogP contribution in [-0.4, -0.2) is 21.3 Å². The largest absolute Gasteiger partial charge is 0.465 e. The topological polar surface area (TPSA) is 82.5 Å². The molecule has 1 aromatic carbocycles. The summed E-state index contributed by atoms with van der Waals surface area (Å²) in [5, 5.41) is 21.4. The van der Waals surface area contributed by atoms with Crippen molar-refractivity contribution in [2.24, 2.45) is 0 Å². The van der Waals surface area contributed by atoms with E-state index in [9.17, 15) is 14.3 Å². The molecule has 0 radical (unpaired) electrons. The summed E-state index contributed by atoms with van der Waals surface area (Å²) >= 11 is 3.17. The lowest BCUT2D eigenvalue weighted by atomic mass is 9.99. The Morgan fingerprint density at radius 1 is 1.24 bits per heavy atom. The number of aromatic nitrogens is 1. The van der Waals surface area contributed by atoms with E-state index in [1.807, 2.05) is 0 Å². The third-order valence-corrected chi connectivity index (χ3v) is 3.32. The van der Waals surface area contributed by atoms with Crippen LogP contribution < -0.4 is 5.32 Å². The number of carboxylic acid groups (broad SMARTS) is 1. The molecule has 1 heterocycles. The van der Waals surface area contributed by atoms with Crippen molar-refractivity contribution < 1.29 is 19.4 Å². The number of benzene rings is 1. The number of pyridine rings is 1. The molecular formula is C14H12BrFN2O3. The molecule has 0 aliphatic heterocycles. The fraction of sp³-hybridized carbons (Fsp3) is 0.143. The normalized spacial score (nSPS) is 13.5. The molecule has 0 saturated carbocycles. The highest BCUT2D eigenvalue weighted by Gasteiger charge is 2.27. The fourth-order valence-electron chi connectivity index (χ4n) is 1.94. The molecule has 2 rings (SSSR count). The highest BCUT2D eigenvalue weighted by atomic mass is 79.9. The monoisotopic (exact) mass is 354 g/mol. The first kappa shape index (κ1) is 15.4. The van der Waals surface area contributed by atoms with Crippen LogP contribution in [0.4, 0.5) is 9.18 Å². The summed E-state index contributed by atoms with van der Waals surface area (Å²) in [6.45, 7) is 0. The quantitative estimate of drug-likeness (QED) is 0.737. The fourth-order valence-corrected chi connectivity index (χ4v) is 2.30. The van der Waals surface area contributed by atoms with Crippen molar-refractivity contribution in [1.82, 2.24) is 10.3 Å². The van der Waals surface area contributed by atoms with Gasteiger partial charge in [-0.25, -0.2) is 14.2 Å². The minimum atomic E-state index is -1.40. The van der Waals surface area contributed by atoms with E-state index < -0.39 is 24.1 Å². The Kier molecular flexibility index (Phi) is 4.87. The molecule has 21 heavy (non-hydrogen) atoms. The number of carbonyl (C=O) groups is 1. The maximum atomic E-state index is 13.8. The van der Waals surface area contributed by atoms with Gasteiger partial charge in [0.05, 0.1) is 5.69 Å². The maximum Gasteiger partial charge on any atom is 0.405 e. The zero-order valence-electron chi connectivity index (χ0n) is 10.7. The van der Waals surface area contributed by atoms with Gasteiger partial charge in [-0.05, 0) is 34.1 Å². The van der Waals surface area contributed by atoms with Gasteiger partial charge in [-0.1, -0.05) is 24.3 Å². The number of rotatable bonds is 4. The summed E-state index contributed by atoms with van der Waals surface area (Å²) in [6, 6.07) is 9.43. The molecule has 5 nitrogen and oxygen atoms in total. The number of aliphatic hydroxyl groups excluding tert-OH is 1. The number of aliphatic hydroxyl groups is 1. The van der Waals surface area contributed by atoms with Crippen LogP contribution in [0.25, 0.3) is 0 Å². The summed E-state index contributed by atoms with van der Waals surface area (Å²) in [4.78, 5) is 15.0. The molecule has 2 aromatic rings. The second-order valence-electron chi connectivity index (χ2n) is 4.28. The smallest absolute Gasteiger partial charge is 0.405 e. The summed E-state index contributed by atoms with van der Waals surface area (Å²) in [6.07, 6.45) is -2.73. The van der Waals surface area contributed by atoms with E-state index >= 15 is 0 Å². The second kappa shape index (κ2) is 6.64. The predicted octanol–water partition coefficient (Wildman–Crippen LogP) is 3.03. The van der Waals surface area contributed by atoms with Crippen LogP contribution >= 0.6 is 15.9 Å². The van der Waals surface area contributed by atoms with E-state index in [0.29, 0.717) is 4.60 Å². The van der Waals surface area contributed by atoms with Crippen LogP contribution in [0.5, 0.6) is 0 Å². The van der Waals surface area contributed by atoms with Gasteiger partial charge in [0.1, 0.15) is 22.6 Å². The van der Waals surface area contributed by atoms with Crippen molar-refractivity contribution >= 4 is 22.0 Å². The van der Waals surface area contributed by atoms with Gasteiger partial charge < -0.3 is 15.5 Å². The number of hydrogen-bond acceptors (Lipinski definition) is 3. The molecule has 0 unspecified atom stereocenters.